The van der Waals surface area contributed by atoms with Crippen LogP contribution >= 0.6 is 0 Å². The van der Waals surface area contributed by atoms with Gasteiger partial charge in [-0.15, -0.1) is 0 Å². The molecule has 2 unspecified atom stereocenters. The maximum atomic E-state index is 5.80. The van der Waals surface area contributed by atoms with Crippen LogP contribution in [0, 0.1) is 0 Å². The molecular weight excluding hydrogens is 172 g/mol. The second-order valence-corrected chi connectivity index (χ2v) is 4.21. The second-order valence-electron chi connectivity index (χ2n) is 4.21. The van der Waals surface area contributed by atoms with E-state index in [0.29, 0.717) is 6.04 Å². The van der Waals surface area contributed by atoms with Gasteiger partial charge in [0, 0.05) is 24.3 Å². The monoisotopic (exact) mass is 190 g/mol. The smallest absolute Gasteiger partial charge is 0.0368 e. The summed E-state index contributed by atoms with van der Waals surface area (Å²) in [6.45, 7) is 5.48. The molecule has 0 spiro atoms. The molecule has 14 heavy (non-hydrogen) atoms. The summed E-state index contributed by atoms with van der Waals surface area (Å²) < 4.78 is 0. The minimum atomic E-state index is 0.137. The number of rotatable bonds is 2. The second kappa shape index (κ2) is 3.62. The highest BCUT2D eigenvalue weighted by atomic mass is 15.2. The van der Waals surface area contributed by atoms with Crippen molar-refractivity contribution in [2.75, 3.05) is 11.4 Å². The number of anilines is 1. The predicted molar refractivity (Wildman–Crippen MR) is 60.5 cm³/mol. The fraction of sp³-hybridized carbons (Fsp3) is 0.500. The van der Waals surface area contributed by atoms with Gasteiger partial charge in [0.05, 0.1) is 0 Å². The van der Waals surface area contributed by atoms with Gasteiger partial charge in [0.1, 0.15) is 0 Å². The van der Waals surface area contributed by atoms with Gasteiger partial charge in [0.2, 0.25) is 0 Å². The van der Waals surface area contributed by atoms with E-state index in [4.69, 9.17) is 5.73 Å². The number of benzene rings is 1. The molecule has 2 rings (SSSR count). The zero-order chi connectivity index (χ0) is 10.1. The van der Waals surface area contributed by atoms with E-state index in [1.54, 1.807) is 0 Å². The molecule has 0 aromatic heterocycles. The molecule has 2 nitrogen and oxygen atoms in total. The Bertz CT molecular complexity index is 303. The molecule has 0 bridgehead atoms. The summed E-state index contributed by atoms with van der Waals surface area (Å²) in [6.07, 6.45) is 1.31. The standard InChI is InChI=1S/C12H18N2/c1-9-7-8-14(9)12-5-3-11(4-6-12)10(2)13/h3-6,9-10H,7-8,13H2,1-2H3. The van der Waals surface area contributed by atoms with Crippen LogP contribution in [0.2, 0.25) is 0 Å². The van der Waals surface area contributed by atoms with Gasteiger partial charge < -0.3 is 10.6 Å². The summed E-state index contributed by atoms with van der Waals surface area (Å²) >= 11 is 0. The van der Waals surface area contributed by atoms with Crippen molar-refractivity contribution in [2.24, 2.45) is 5.73 Å². The first-order valence-electron chi connectivity index (χ1n) is 5.30. The first-order chi connectivity index (χ1) is 6.68. The van der Waals surface area contributed by atoms with Crippen LogP contribution < -0.4 is 10.6 Å². The Morgan fingerprint density at radius 1 is 1.36 bits per heavy atom. The Hall–Kier alpha value is -1.02. The molecule has 76 valence electrons. The number of nitrogens with two attached hydrogens (primary N) is 1. The lowest BCUT2D eigenvalue weighted by Crippen LogP contribution is -2.45. The molecule has 1 saturated heterocycles. The average Bonchev–Trinajstić information content (AvgIpc) is 2.16. The fourth-order valence-electron chi connectivity index (χ4n) is 1.87. The zero-order valence-corrected chi connectivity index (χ0v) is 8.90. The van der Waals surface area contributed by atoms with Crippen LogP contribution in [0.5, 0.6) is 0 Å². The minimum Gasteiger partial charge on any atom is -0.369 e. The van der Waals surface area contributed by atoms with Crippen molar-refractivity contribution in [3.63, 3.8) is 0 Å². The van der Waals surface area contributed by atoms with E-state index in [1.165, 1.54) is 24.2 Å². The van der Waals surface area contributed by atoms with Crippen molar-refractivity contribution in [2.45, 2.75) is 32.4 Å². The summed E-state index contributed by atoms with van der Waals surface area (Å²) in [7, 11) is 0. The molecule has 0 amide bonds. The van der Waals surface area contributed by atoms with Gasteiger partial charge in [0.15, 0.2) is 0 Å². The first kappa shape index (κ1) is 9.53. The van der Waals surface area contributed by atoms with Gasteiger partial charge in [-0.3, -0.25) is 0 Å². The third kappa shape index (κ3) is 1.62. The lowest BCUT2D eigenvalue weighted by Gasteiger charge is -2.40. The number of hydrogen-bond donors (Lipinski definition) is 1. The maximum Gasteiger partial charge on any atom is 0.0368 e. The topological polar surface area (TPSA) is 29.3 Å². The van der Waals surface area contributed by atoms with E-state index >= 15 is 0 Å². The normalized spacial score (nSPS) is 23.1. The maximum absolute atomic E-state index is 5.80. The molecule has 1 aromatic rings. The first-order valence-corrected chi connectivity index (χ1v) is 5.30. The van der Waals surface area contributed by atoms with Crippen LogP contribution in [-0.2, 0) is 0 Å². The van der Waals surface area contributed by atoms with Gasteiger partial charge >= 0.3 is 0 Å². The number of hydrogen-bond acceptors (Lipinski definition) is 2. The third-order valence-electron chi connectivity index (χ3n) is 3.07. The van der Waals surface area contributed by atoms with Gasteiger partial charge in [-0.05, 0) is 38.0 Å². The van der Waals surface area contributed by atoms with Gasteiger partial charge in [-0.2, -0.15) is 0 Å². The highest BCUT2D eigenvalue weighted by molar-refractivity contribution is 5.50. The van der Waals surface area contributed by atoms with E-state index in [1.807, 2.05) is 6.92 Å². The molecule has 0 radical (unpaired) electrons. The molecule has 2 heteroatoms. The van der Waals surface area contributed by atoms with Crippen LogP contribution in [-0.4, -0.2) is 12.6 Å². The van der Waals surface area contributed by atoms with Crippen LogP contribution in [0.4, 0.5) is 5.69 Å². The molecule has 2 atom stereocenters. The molecule has 1 aromatic carbocycles. The molecule has 2 N–H and O–H groups in total. The van der Waals surface area contributed by atoms with Crippen molar-refractivity contribution in [3.8, 4) is 0 Å². The zero-order valence-electron chi connectivity index (χ0n) is 8.90. The van der Waals surface area contributed by atoms with Crippen molar-refractivity contribution in [1.82, 2.24) is 0 Å². The summed E-state index contributed by atoms with van der Waals surface area (Å²) in [4.78, 5) is 2.42. The molecular formula is C12H18N2. The van der Waals surface area contributed by atoms with Crippen molar-refractivity contribution in [3.05, 3.63) is 29.8 Å². The molecule has 1 aliphatic rings. The van der Waals surface area contributed by atoms with E-state index in [2.05, 4.69) is 36.1 Å². The van der Waals surface area contributed by atoms with Crippen LogP contribution in [0.1, 0.15) is 31.9 Å². The van der Waals surface area contributed by atoms with Gasteiger partial charge in [-0.1, -0.05) is 12.1 Å². The summed E-state index contributed by atoms with van der Waals surface area (Å²) in [5, 5.41) is 0. The van der Waals surface area contributed by atoms with Crippen molar-refractivity contribution >= 4 is 5.69 Å². The van der Waals surface area contributed by atoms with E-state index in [9.17, 15) is 0 Å². The summed E-state index contributed by atoms with van der Waals surface area (Å²) in [5.74, 6) is 0. The third-order valence-corrected chi connectivity index (χ3v) is 3.07. The Kier molecular flexibility index (Phi) is 2.46. The Morgan fingerprint density at radius 3 is 2.36 bits per heavy atom. The molecule has 1 aliphatic heterocycles. The average molecular weight is 190 g/mol. The molecule has 0 saturated carbocycles. The quantitative estimate of drug-likeness (QED) is 0.775. The van der Waals surface area contributed by atoms with E-state index in [-0.39, 0.29) is 6.04 Å². The molecule has 0 aliphatic carbocycles. The van der Waals surface area contributed by atoms with Crippen LogP contribution in [0.15, 0.2) is 24.3 Å². The van der Waals surface area contributed by atoms with Gasteiger partial charge in [0.25, 0.3) is 0 Å². The Labute approximate surface area is 85.7 Å². The summed E-state index contributed by atoms with van der Waals surface area (Å²) in [5.41, 5.74) is 8.34. The SMILES string of the molecule is CC(N)c1ccc(N2CCC2C)cc1. The van der Waals surface area contributed by atoms with Crippen molar-refractivity contribution < 1.29 is 0 Å². The molecule has 1 fully saturated rings. The number of nitrogens with zero attached hydrogens (tertiary/aromatic N) is 1. The molecule has 1 heterocycles. The lowest BCUT2D eigenvalue weighted by molar-refractivity contribution is 0.481. The highest BCUT2D eigenvalue weighted by Crippen LogP contribution is 2.26. The predicted octanol–water partition coefficient (Wildman–Crippen LogP) is 2.30. The highest BCUT2D eigenvalue weighted by Gasteiger charge is 2.23. The van der Waals surface area contributed by atoms with Crippen LogP contribution in [0.3, 0.4) is 0 Å². The Morgan fingerprint density at radius 2 is 2.00 bits per heavy atom. The summed E-state index contributed by atoms with van der Waals surface area (Å²) in [6, 6.07) is 9.45. The van der Waals surface area contributed by atoms with Crippen molar-refractivity contribution in [1.29, 1.82) is 0 Å². The largest absolute Gasteiger partial charge is 0.369 e. The van der Waals surface area contributed by atoms with Gasteiger partial charge in [-0.25, -0.2) is 0 Å². The minimum absolute atomic E-state index is 0.137. The fourth-order valence-corrected chi connectivity index (χ4v) is 1.87. The van der Waals surface area contributed by atoms with E-state index in [0.717, 1.165) is 0 Å². The Balaban J connectivity index is 2.13. The van der Waals surface area contributed by atoms with Crippen LogP contribution in [0.25, 0.3) is 0 Å². The van der Waals surface area contributed by atoms with E-state index < -0.39 is 0 Å². The lowest BCUT2D eigenvalue weighted by atomic mass is 10.0.